The summed E-state index contributed by atoms with van der Waals surface area (Å²) in [6, 6.07) is 9.60. The molecular weight excluding hydrogens is 302 g/mol. The van der Waals surface area contributed by atoms with Crippen LogP contribution in [0.15, 0.2) is 42.7 Å². The Kier molecular flexibility index (Phi) is 5.31. The molecule has 2 aromatic rings. The summed E-state index contributed by atoms with van der Waals surface area (Å²) in [7, 11) is 0. The predicted octanol–water partition coefficient (Wildman–Crippen LogP) is 3.85. The minimum atomic E-state index is 0.0672. The van der Waals surface area contributed by atoms with Crippen molar-refractivity contribution in [2.45, 2.75) is 26.2 Å². The first kappa shape index (κ1) is 16.3. The highest BCUT2D eigenvalue weighted by Gasteiger charge is 2.18. The van der Waals surface area contributed by atoms with Crippen LogP contribution in [0.3, 0.4) is 0 Å². The molecule has 0 atom stereocenters. The number of likely N-dealkylation sites (tertiary alicyclic amines) is 1. The van der Waals surface area contributed by atoms with Gasteiger partial charge in [0.1, 0.15) is 5.75 Å². The van der Waals surface area contributed by atoms with Crippen LogP contribution in [-0.4, -0.2) is 35.5 Å². The van der Waals surface area contributed by atoms with Crippen molar-refractivity contribution in [2.24, 2.45) is 0 Å². The van der Waals surface area contributed by atoms with Gasteiger partial charge in [-0.3, -0.25) is 9.78 Å². The van der Waals surface area contributed by atoms with Crippen molar-refractivity contribution in [3.8, 4) is 5.75 Å². The fraction of sp³-hybridized carbons (Fsp3) is 0.368. The number of nitrogens with one attached hydrogen (secondary N) is 1. The number of pyridine rings is 1. The molecule has 0 spiro atoms. The molecular formula is C19H23N3O2. The zero-order chi connectivity index (χ0) is 16.8. The van der Waals surface area contributed by atoms with E-state index in [0.29, 0.717) is 12.2 Å². The van der Waals surface area contributed by atoms with Crippen LogP contribution in [0.25, 0.3) is 0 Å². The Labute approximate surface area is 142 Å². The molecule has 2 heterocycles. The number of aromatic nitrogens is 1. The van der Waals surface area contributed by atoms with Crippen molar-refractivity contribution in [3.63, 3.8) is 0 Å². The molecule has 1 aromatic heterocycles. The number of nitrogens with zero attached hydrogens (tertiary/aromatic N) is 2. The zero-order valence-electron chi connectivity index (χ0n) is 14.0. The number of amides is 1. The minimum Gasteiger partial charge on any atom is -0.494 e. The quantitative estimate of drug-likeness (QED) is 0.907. The minimum absolute atomic E-state index is 0.0672. The average Bonchev–Trinajstić information content (AvgIpc) is 2.64. The van der Waals surface area contributed by atoms with Crippen LogP contribution in [0, 0.1) is 0 Å². The topological polar surface area (TPSA) is 54.5 Å². The van der Waals surface area contributed by atoms with Crippen molar-refractivity contribution in [2.75, 3.05) is 25.0 Å². The molecule has 1 amide bonds. The number of benzene rings is 1. The third-order valence-electron chi connectivity index (χ3n) is 4.08. The summed E-state index contributed by atoms with van der Waals surface area (Å²) in [6.45, 7) is 4.30. The lowest BCUT2D eigenvalue weighted by atomic mass is 10.1. The highest BCUT2D eigenvalue weighted by atomic mass is 16.5. The molecule has 126 valence electrons. The molecule has 24 heavy (non-hydrogen) atoms. The van der Waals surface area contributed by atoms with Gasteiger partial charge in [-0.1, -0.05) is 0 Å². The second-order valence-corrected chi connectivity index (χ2v) is 5.90. The third kappa shape index (κ3) is 4.04. The van der Waals surface area contributed by atoms with E-state index >= 15 is 0 Å². The molecule has 1 N–H and O–H groups in total. The molecule has 1 aromatic carbocycles. The number of rotatable bonds is 5. The summed E-state index contributed by atoms with van der Waals surface area (Å²) in [5.74, 6) is 0.910. The molecule has 5 heteroatoms. The summed E-state index contributed by atoms with van der Waals surface area (Å²) in [6.07, 6.45) is 6.75. The Bertz CT molecular complexity index is 679. The van der Waals surface area contributed by atoms with E-state index < -0.39 is 0 Å². The molecule has 3 rings (SSSR count). The Morgan fingerprint density at radius 3 is 2.58 bits per heavy atom. The van der Waals surface area contributed by atoms with Crippen molar-refractivity contribution in [1.82, 2.24) is 9.88 Å². The maximum absolute atomic E-state index is 12.6. The third-order valence-corrected chi connectivity index (χ3v) is 4.08. The molecule has 1 aliphatic heterocycles. The van der Waals surface area contributed by atoms with Crippen LogP contribution in [0.4, 0.5) is 11.4 Å². The smallest absolute Gasteiger partial charge is 0.255 e. The Morgan fingerprint density at radius 2 is 1.88 bits per heavy atom. The van der Waals surface area contributed by atoms with Gasteiger partial charge < -0.3 is 15.0 Å². The number of carbonyl (C=O) groups is 1. The van der Waals surface area contributed by atoms with Crippen molar-refractivity contribution in [1.29, 1.82) is 0 Å². The van der Waals surface area contributed by atoms with Gasteiger partial charge in [0.25, 0.3) is 5.91 Å². The van der Waals surface area contributed by atoms with Crippen LogP contribution in [0.2, 0.25) is 0 Å². The van der Waals surface area contributed by atoms with E-state index in [2.05, 4.69) is 10.3 Å². The summed E-state index contributed by atoms with van der Waals surface area (Å²) >= 11 is 0. The van der Waals surface area contributed by atoms with E-state index in [4.69, 9.17) is 4.74 Å². The lowest BCUT2D eigenvalue weighted by Crippen LogP contribution is -2.35. The van der Waals surface area contributed by atoms with Gasteiger partial charge in [-0.05, 0) is 56.5 Å². The van der Waals surface area contributed by atoms with E-state index in [1.807, 2.05) is 42.2 Å². The summed E-state index contributed by atoms with van der Waals surface area (Å²) in [5, 5.41) is 3.28. The van der Waals surface area contributed by atoms with Gasteiger partial charge in [0.2, 0.25) is 0 Å². The lowest BCUT2D eigenvalue weighted by molar-refractivity contribution is 0.0724. The maximum Gasteiger partial charge on any atom is 0.255 e. The van der Waals surface area contributed by atoms with Crippen molar-refractivity contribution in [3.05, 3.63) is 48.3 Å². The molecule has 1 saturated heterocycles. The van der Waals surface area contributed by atoms with Gasteiger partial charge in [-0.2, -0.15) is 0 Å². The molecule has 0 radical (unpaired) electrons. The fourth-order valence-electron chi connectivity index (χ4n) is 2.87. The first-order valence-corrected chi connectivity index (χ1v) is 8.50. The predicted molar refractivity (Wildman–Crippen MR) is 94.9 cm³/mol. The molecule has 0 saturated carbocycles. The van der Waals surface area contributed by atoms with Crippen molar-refractivity contribution < 1.29 is 9.53 Å². The van der Waals surface area contributed by atoms with Crippen LogP contribution < -0.4 is 10.1 Å². The highest BCUT2D eigenvalue weighted by molar-refractivity contribution is 5.95. The van der Waals surface area contributed by atoms with Crippen LogP contribution in [0.5, 0.6) is 5.75 Å². The molecule has 0 unspecified atom stereocenters. The second kappa shape index (κ2) is 7.81. The van der Waals surface area contributed by atoms with E-state index in [9.17, 15) is 4.79 Å². The molecule has 0 bridgehead atoms. The Morgan fingerprint density at radius 1 is 1.12 bits per heavy atom. The number of ether oxygens (including phenoxy) is 1. The highest BCUT2D eigenvalue weighted by Crippen LogP contribution is 2.21. The summed E-state index contributed by atoms with van der Waals surface area (Å²) in [4.78, 5) is 18.7. The van der Waals surface area contributed by atoms with E-state index in [-0.39, 0.29) is 5.91 Å². The number of anilines is 2. The van der Waals surface area contributed by atoms with E-state index in [1.54, 1.807) is 12.4 Å². The van der Waals surface area contributed by atoms with Crippen LogP contribution >= 0.6 is 0 Å². The van der Waals surface area contributed by atoms with Gasteiger partial charge in [0.05, 0.1) is 24.1 Å². The van der Waals surface area contributed by atoms with Crippen LogP contribution in [-0.2, 0) is 0 Å². The van der Waals surface area contributed by atoms with Gasteiger partial charge in [-0.25, -0.2) is 0 Å². The van der Waals surface area contributed by atoms with Gasteiger partial charge in [0, 0.05) is 25.0 Å². The first-order valence-electron chi connectivity index (χ1n) is 8.50. The SMILES string of the molecule is CCOc1ccc(Nc2cncc(C(=O)N3CCCCC3)c2)cc1. The number of carbonyl (C=O) groups excluding carboxylic acids is 1. The maximum atomic E-state index is 12.6. The molecule has 1 fully saturated rings. The fourth-order valence-corrected chi connectivity index (χ4v) is 2.87. The second-order valence-electron chi connectivity index (χ2n) is 5.90. The largest absolute Gasteiger partial charge is 0.494 e. The van der Waals surface area contributed by atoms with Crippen molar-refractivity contribution >= 4 is 17.3 Å². The zero-order valence-corrected chi connectivity index (χ0v) is 14.0. The van der Waals surface area contributed by atoms with E-state index in [1.165, 1.54) is 6.42 Å². The van der Waals surface area contributed by atoms with Gasteiger partial charge >= 0.3 is 0 Å². The van der Waals surface area contributed by atoms with E-state index in [0.717, 1.165) is 43.1 Å². The lowest BCUT2D eigenvalue weighted by Gasteiger charge is -2.26. The van der Waals surface area contributed by atoms with Gasteiger partial charge in [-0.15, -0.1) is 0 Å². The Hall–Kier alpha value is -2.56. The summed E-state index contributed by atoms with van der Waals surface area (Å²) < 4.78 is 5.44. The van der Waals surface area contributed by atoms with Gasteiger partial charge in [0.15, 0.2) is 0 Å². The average molecular weight is 325 g/mol. The number of hydrogen-bond acceptors (Lipinski definition) is 4. The molecule has 1 aliphatic rings. The molecule has 0 aliphatic carbocycles. The van der Waals surface area contributed by atoms with Crippen LogP contribution in [0.1, 0.15) is 36.5 Å². The first-order chi connectivity index (χ1) is 11.8. The Balaban J connectivity index is 1.69. The normalized spacial score (nSPS) is 14.3. The standard InChI is InChI=1S/C19H23N3O2/c1-2-24-18-8-6-16(7-9-18)21-17-12-15(13-20-14-17)19(23)22-10-4-3-5-11-22/h6-9,12-14,21H,2-5,10-11H2,1H3. The molecule has 5 nitrogen and oxygen atoms in total. The number of hydrogen-bond donors (Lipinski definition) is 1. The summed E-state index contributed by atoms with van der Waals surface area (Å²) in [5.41, 5.74) is 2.37. The monoisotopic (exact) mass is 325 g/mol. The number of piperidine rings is 1.